The zero-order valence-corrected chi connectivity index (χ0v) is 23.8. The third kappa shape index (κ3) is 5.18. The summed E-state index contributed by atoms with van der Waals surface area (Å²) in [4.78, 5) is 20.0. The second kappa shape index (κ2) is 10.3. The number of hydrogen-bond donors (Lipinski definition) is 1. The molecule has 0 aliphatic carbocycles. The molecule has 6 rings (SSSR count). The van der Waals surface area contributed by atoms with Gasteiger partial charge >= 0.3 is 0 Å². The van der Waals surface area contributed by atoms with Crippen LogP contribution in [0.3, 0.4) is 0 Å². The van der Waals surface area contributed by atoms with Crippen LogP contribution in [0.4, 0.5) is 5.69 Å². The molecule has 7 nitrogen and oxygen atoms in total. The van der Waals surface area contributed by atoms with Gasteiger partial charge in [0.1, 0.15) is 4.83 Å². The smallest absolute Gasteiger partial charge is 0.234 e. The van der Waals surface area contributed by atoms with Gasteiger partial charge in [-0.15, -0.1) is 21.5 Å². The van der Waals surface area contributed by atoms with Gasteiger partial charge in [0.25, 0.3) is 0 Å². The third-order valence-electron chi connectivity index (χ3n) is 6.39. The minimum atomic E-state index is -0.246. The lowest BCUT2D eigenvalue weighted by Crippen LogP contribution is -2.31. The Morgan fingerprint density at radius 2 is 1.87 bits per heavy atom. The lowest BCUT2D eigenvalue weighted by atomic mass is 9.94. The molecule has 0 atom stereocenters. The predicted molar refractivity (Wildman–Crippen MR) is 155 cm³/mol. The summed E-state index contributed by atoms with van der Waals surface area (Å²) >= 11 is 4.71. The van der Waals surface area contributed by atoms with Crippen LogP contribution in [0, 0.1) is 6.92 Å². The Morgan fingerprint density at radius 3 is 2.66 bits per heavy atom. The molecule has 0 saturated carbocycles. The van der Waals surface area contributed by atoms with Gasteiger partial charge in [-0.05, 0) is 44.0 Å². The number of hydrogen-bond acceptors (Lipinski definition) is 8. The first-order valence-electron chi connectivity index (χ1n) is 12.4. The van der Waals surface area contributed by atoms with Gasteiger partial charge in [0.15, 0.2) is 16.0 Å². The molecule has 1 aliphatic heterocycles. The van der Waals surface area contributed by atoms with E-state index in [1.165, 1.54) is 27.8 Å². The second-order valence-corrected chi connectivity index (χ2v) is 12.9. The molecule has 194 valence electrons. The molecule has 0 unspecified atom stereocenters. The SMILES string of the molecule is Cc1ccc(NC(=O)CSc2nnc3c4c5c(sc4nc(SCc4ccccc4)n23)COC(C)(C)C5)cc1. The lowest BCUT2D eigenvalue weighted by molar-refractivity contribution is -0.113. The van der Waals surface area contributed by atoms with E-state index in [4.69, 9.17) is 9.72 Å². The number of fused-ring (bicyclic) bond motifs is 5. The molecule has 1 aliphatic rings. The van der Waals surface area contributed by atoms with Gasteiger partial charge in [-0.2, -0.15) is 0 Å². The van der Waals surface area contributed by atoms with Gasteiger partial charge in [0.2, 0.25) is 5.91 Å². The Labute approximate surface area is 233 Å². The van der Waals surface area contributed by atoms with Crippen LogP contribution in [0.25, 0.3) is 15.9 Å². The summed E-state index contributed by atoms with van der Waals surface area (Å²) in [5, 5.41) is 14.7. The van der Waals surface area contributed by atoms with Crippen molar-refractivity contribution in [2.24, 2.45) is 0 Å². The molecule has 0 radical (unpaired) electrons. The summed E-state index contributed by atoms with van der Waals surface area (Å²) < 4.78 is 8.10. The molecule has 5 aromatic rings. The van der Waals surface area contributed by atoms with Crippen molar-refractivity contribution in [2.75, 3.05) is 11.1 Å². The van der Waals surface area contributed by atoms with Crippen LogP contribution in [0.15, 0.2) is 64.9 Å². The number of thioether (sulfide) groups is 2. The van der Waals surface area contributed by atoms with Crippen LogP contribution in [0.2, 0.25) is 0 Å². The maximum atomic E-state index is 12.7. The number of anilines is 1. The number of nitrogens with zero attached hydrogens (tertiary/aromatic N) is 4. The topological polar surface area (TPSA) is 81.4 Å². The molecule has 0 bridgehead atoms. The predicted octanol–water partition coefficient (Wildman–Crippen LogP) is 6.52. The fourth-order valence-corrected chi connectivity index (χ4v) is 7.36. The second-order valence-electron chi connectivity index (χ2n) is 9.92. The number of rotatable bonds is 7. The van der Waals surface area contributed by atoms with E-state index >= 15 is 0 Å². The van der Waals surface area contributed by atoms with E-state index in [0.717, 1.165) is 44.4 Å². The largest absolute Gasteiger partial charge is 0.370 e. The van der Waals surface area contributed by atoms with Crippen molar-refractivity contribution in [2.45, 2.75) is 55.5 Å². The van der Waals surface area contributed by atoms with Crippen molar-refractivity contribution < 1.29 is 9.53 Å². The average Bonchev–Trinajstić information content (AvgIpc) is 3.48. The van der Waals surface area contributed by atoms with Crippen LogP contribution in [0.5, 0.6) is 0 Å². The van der Waals surface area contributed by atoms with Crippen LogP contribution in [0.1, 0.15) is 35.4 Å². The van der Waals surface area contributed by atoms with Gasteiger partial charge < -0.3 is 10.1 Å². The molecule has 1 N–H and O–H groups in total. The van der Waals surface area contributed by atoms with Gasteiger partial charge in [-0.25, -0.2) is 9.38 Å². The summed E-state index contributed by atoms with van der Waals surface area (Å²) in [6.07, 6.45) is 0.796. The van der Waals surface area contributed by atoms with E-state index in [1.54, 1.807) is 23.1 Å². The van der Waals surface area contributed by atoms with E-state index in [2.05, 4.69) is 41.5 Å². The molecule has 38 heavy (non-hydrogen) atoms. The molecule has 3 aromatic heterocycles. The van der Waals surface area contributed by atoms with E-state index in [-0.39, 0.29) is 17.3 Å². The molecule has 0 fully saturated rings. The maximum Gasteiger partial charge on any atom is 0.234 e. The monoisotopic (exact) mass is 561 g/mol. The maximum absolute atomic E-state index is 12.7. The Hall–Kier alpha value is -2.92. The summed E-state index contributed by atoms with van der Waals surface area (Å²) in [6.45, 7) is 6.84. The van der Waals surface area contributed by atoms with Crippen LogP contribution >= 0.6 is 34.9 Å². The number of amides is 1. The Balaban J connectivity index is 1.35. The highest BCUT2D eigenvalue weighted by Gasteiger charge is 2.31. The number of benzene rings is 2. The quantitative estimate of drug-likeness (QED) is 0.179. The highest BCUT2D eigenvalue weighted by atomic mass is 32.2. The number of carbonyl (C=O) groups is 1. The highest BCUT2D eigenvalue weighted by Crippen LogP contribution is 2.41. The standard InChI is InChI=1S/C28H27N5O2S3/c1-17-9-11-19(12-10-17)29-22(34)16-37-27-32-31-24-23-20-13-28(2,3)35-14-21(20)38-25(23)30-26(33(24)27)36-15-18-7-5-4-6-8-18/h4-12H,13-16H2,1-3H3,(H,29,34). The van der Waals surface area contributed by atoms with Crippen LogP contribution in [-0.2, 0) is 28.3 Å². The van der Waals surface area contributed by atoms with Crippen molar-refractivity contribution in [3.05, 3.63) is 76.2 Å². The molecule has 0 spiro atoms. The van der Waals surface area contributed by atoms with Gasteiger partial charge in [0.05, 0.1) is 23.3 Å². The van der Waals surface area contributed by atoms with Crippen molar-refractivity contribution in [3.8, 4) is 0 Å². The first-order chi connectivity index (χ1) is 18.4. The number of nitrogens with one attached hydrogen (secondary N) is 1. The Morgan fingerprint density at radius 1 is 1.08 bits per heavy atom. The number of ether oxygens (including phenoxy) is 1. The molecular formula is C28H27N5O2S3. The molecular weight excluding hydrogens is 535 g/mol. The van der Waals surface area contributed by atoms with E-state index < -0.39 is 0 Å². The zero-order valence-electron chi connectivity index (χ0n) is 21.4. The number of thiophene rings is 1. The number of aryl methyl sites for hydroxylation is 1. The van der Waals surface area contributed by atoms with Crippen LogP contribution in [-0.4, -0.2) is 36.8 Å². The fraction of sp³-hybridized carbons (Fsp3) is 0.286. The van der Waals surface area contributed by atoms with E-state index in [0.29, 0.717) is 11.8 Å². The van der Waals surface area contributed by atoms with Gasteiger partial charge in [-0.1, -0.05) is 71.6 Å². The zero-order chi connectivity index (χ0) is 26.3. The summed E-state index contributed by atoms with van der Waals surface area (Å²) in [5.41, 5.74) is 4.95. The van der Waals surface area contributed by atoms with Crippen molar-refractivity contribution in [3.63, 3.8) is 0 Å². The minimum Gasteiger partial charge on any atom is -0.370 e. The van der Waals surface area contributed by atoms with Crippen molar-refractivity contribution >= 4 is 62.3 Å². The highest BCUT2D eigenvalue weighted by molar-refractivity contribution is 8.00. The lowest BCUT2D eigenvalue weighted by Gasteiger charge is -2.30. The molecule has 1 amide bonds. The molecule has 2 aromatic carbocycles. The average molecular weight is 562 g/mol. The van der Waals surface area contributed by atoms with Gasteiger partial charge in [0, 0.05) is 22.7 Å². The summed E-state index contributed by atoms with van der Waals surface area (Å²) in [5.74, 6) is 0.902. The third-order valence-corrected chi connectivity index (χ3v) is 9.43. The molecule has 10 heteroatoms. The summed E-state index contributed by atoms with van der Waals surface area (Å²) in [7, 11) is 0. The number of aromatic nitrogens is 4. The molecule has 0 saturated heterocycles. The summed E-state index contributed by atoms with van der Waals surface area (Å²) in [6, 6.07) is 18.1. The van der Waals surface area contributed by atoms with Crippen molar-refractivity contribution in [1.29, 1.82) is 0 Å². The van der Waals surface area contributed by atoms with E-state index in [1.807, 2.05) is 53.8 Å². The van der Waals surface area contributed by atoms with Gasteiger partial charge in [-0.3, -0.25) is 4.79 Å². The first kappa shape index (κ1) is 25.4. The fourth-order valence-electron chi connectivity index (χ4n) is 4.47. The molecule has 4 heterocycles. The Bertz CT molecular complexity index is 1630. The normalized spacial score (nSPS) is 14.6. The minimum absolute atomic E-state index is 0.0880. The first-order valence-corrected chi connectivity index (χ1v) is 15.1. The van der Waals surface area contributed by atoms with Crippen LogP contribution < -0.4 is 5.32 Å². The number of carbonyl (C=O) groups excluding carboxylic acids is 1. The Kier molecular flexibility index (Phi) is 6.90. The van der Waals surface area contributed by atoms with Crippen molar-refractivity contribution in [1.82, 2.24) is 19.6 Å². The van der Waals surface area contributed by atoms with E-state index in [9.17, 15) is 4.79 Å².